The molecule has 68 valence electrons. The van der Waals surface area contributed by atoms with E-state index < -0.39 is 0 Å². The highest BCUT2D eigenvalue weighted by molar-refractivity contribution is 7.09. The van der Waals surface area contributed by atoms with E-state index in [1.165, 1.54) is 11.5 Å². The molecule has 0 saturated heterocycles. The Morgan fingerprint density at radius 2 is 2.50 bits per heavy atom. The molecule has 0 amide bonds. The SMILES string of the molecule is CCC(CO)Nc1nc(N)ns1. The van der Waals surface area contributed by atoms with Crippen LogP contribution in [0.4, 0.5) is 11.1 Å². The van der Waals surface area contributed by atoms with Crippen LogP contribution in [-0.2, 0) is 0 Å². The van der Waals surface area contributed by atoms with Crippen LogP contribution in [0.1, 0.15) is 13.3 Å². The van der Waals surface area contributed by atoms with Crippen molar-refractivity contribution in [3.05, 3.63) is 0 Å². The molecule has 1 aromatic heterocycles. The summed E-state index contributed by atoms with van der Waals surface area (Å²) in [5.74, 6) is 0.273. The third kappa shape index (κ3) is 2.31. The monoisotopic (exact) mass is 188 g/mol. The van der Waals surface area contributed by atoms with Crippen LogP contribution >= 0.6 is 11.5 Å². The average molecular weight is 188 g/mol. The number of hydrogen-bond donors (Lipinski definition) is 3. The van der Waals surface area contributed by atoms with Gasteiger partial charge in [-0.1, -0.05) is 6.92 Å². The molecule has 1 atom stereocenters. The highest BCUT2D eigenvalue weighted by atomic mass is 32.1. The number of nitrogens with one attached hydrogen (secondary N) is 1. The van der Waals surface area contributed by atoms with Crippen LogP contribution < -0.4 is 11.1 Å². The minimum absolute atomic E-state index is 0.0392. The van der Waals surface area contributed by atoms with E-state index in [1.54, 1.807) is 0 Å². The van der Waals surface area contributed by atoms with E-state index >= 15 is 0 Å². The van der Waals surface area contributed by atoms with Crippen LogP contribution in [0.5, 0.6) is 0 Å². The summed E-state index contributed by atoms with van der Waals surface area (Å²) in [6, 6.07) is 0.0392. The first-order valence-corrected chi connectivity index (χ1v) is 4.50. The second-order valence-corrected chi connectivity index (χ2v) is 3.14. The van der Waals surface area contributed by atoms with E-state index in [-0.39, 0.29) is 18.6 Å². The predicted molar refractivity (Wildman–Crippen MR) is 49.1 cm³/mol. The van der Waals surface area contributed by atoms with Gasteiger partial charge in [-0.25, -0.2) is 0 Å². The van der Waals surface area contributed by atoms with Crippen LogP contribution in [-0.4, -0.2) is 27.1 Å². The van der Waals surface area contributed by atoms with Gasteiger partial charge in [-0.2, -0.15) is 9.36 Å². The van der Waals surface area contributed by atoms with Crippen molar-refractivity contribution >= 4 is 22.6 Å². The van der Waals surface area contributed by atoms with E-state index in [0.717, 1.165) is 6.42 Å². The minimum atomic E-state index is 0.0392. The van der Waals surface area contributed by atoms with Crippen molar-refractivity contribution in [2.45, 2.75) is 19.4 Å². The highest BCUT2D eigenvalue weighted by Gasteiger charge is 2.06. The molecule has 1 unspecified atom stereocenters. The molecule has 1 rings (SSSR count). The number of aliphatic hydroxyl groups is 1. The molecule has 0 aliphatic heterocycles. The fourth-order valence-electron chi connectivity index (χ4n) is 0.745. The fraction of sp³-hybridized carbons (Fsp3) is 0.667. The molecule has 0 bridgehead atoms. The van der Waals surface area contributed by atoms with E-state index in [2.05, 4.69) is 14.7 Å². The normalized spacial score (nSPS) is 12.8. The number of anilines is 2. The van der Waals surface area contributed by atoms with Gasteiger partial charge in [-0.05, 0) is 6.42 Å². The Bertz CT molecular complexity index is 235. The molecule has 1 aromatic rings. The number of aromatic nitrogens is 2. The minimum Gasteiger partial charge on any atom is -0.394 e. The second-order valence-electron chi connectivity index (χ2n) is 2.39. The molecule has 0 fully saturated rings. The first-order valence-electron chi connectivity index (χ1n) is 3.72. The Hall–Kier alpha value is -0.880. The van der Waals surface area contributed by atoms with Crippen LogP contribution in [0.3, 0.4) is 0 Å². The summed E-state index contributed by atoms with van der Waals surface area (Å²) in [5, 5.41) is 12.5. The van der Waals surface area contributed by atoms with Gasteiger partial charge < -0.3 is 16.2 Å². The Kier molecular flexibility index (Phi) is 3.24. The zero-order valence-corrected chi connectivity index (χ0v) is 7.64. The lowest BCUT2D eigenvalue weighted by Gasteiger charge is -2.11. The molecular formula is C6H12N4OS. The first kappa shape index (κ1) is 9.21. The molecule has 6 heteroatoms. The zero-order chi connectivity index (χ0) is 8.97. The quantitative estimate of drug-likeness (QED) is 0.633. The second kappa shape index (κ2) is 4.22. The van der Waals surface area contributed by atoms with E-state index in [4.69, 9.17) is 10.8 Å². The van der Waals surface area contributed by atoms with Gasteiger partial charge in [0.15, 0.2) is 0 Å². The third-order valence-corrected chi connectivity index (χ3v) is 2.14. The molecule has 4 N–H and O–H groups in total. The Morgan fingerprint density at radius 1 is 1.75 bits per heavy atom. The molecule has 12 heavy (non-hydrogen) atoms. The van der Waals surface area contributed by atoms with Gasteiger partial charge in [0.05, 0.1) is 12.6 Å². The summed E-state index contributed by atoms with van der Waals surface area (Å²) in [7, 11) is 0. The standard InChI is InChI=1S/C6H12N4OS/c1-2-4(3-11)8-6-9-5(7)10-12-6/h4,11H,2-3H2,1H3,(H3,7,8,9,10). The number of nitrogen functional groups attached to an aromatic ring is 1. The molecule has 5 nitrogen and oxygen atoms in total. The van der Waals surface area contributed by atoms with Gasteiger partial charge in [0.2, 0.25) is 11.1 Å². The smallest absolute Gasteiger partial charge is 0.233 e. The number of aliphatic hydroxyl groups excluding tert-OH is 1. The van der Waals surface area contributed by atoms with Gasteiger partial charge in [0.25, 0.3) is 0 Å². The zero-order valence-electron chi connectivity index (χ0n) is 6.82. The third-order valence-electron chi connectivity index (χ3n) is 1.48. The van der Waals surface area contributed by atoms with Crippen LogP contribution in [0.15, 0.2) is 0 Å². The van der Waals surface area contributed by atoms with Gasteiger partial charge in [-0.15, -0.1) is 0 Å². The van der Waals surface area contributed by atoms with Crippen LogP contribution in [0.25, 0.3) is 0 Å². The number of hydrogen-bond acceptors (Lipinski definition) is 6. The highest BCUT2D eigenvalue weighted by Crippen LogP contribution is 2.13. The first-order chi connectivity index (χ1) is 5.76. The van der Waals surface area contributed by atoms with Crippen molar-refractivity contribution < 1.29 is 5.11 Å². The summed E-state index contributed by atoms with van der Waals surface area (Å²) in [6.07, 6.45) is 0.843. The van der Waals surface area contributed by atoms with Crippen LogP contribution in [0, 0.1) is 0 Å². The number of rotatable bonds is 4. The molecular weight excluding hydrogens is 176 g/mol. The molecule has 0 radical (unpaired) electrons. The Balaban J connectivity index is 2.50. The topological polar surface area (TPSA) is 84.1 Å². The largest absolute Gasteiger partial charge is 0.394 e. The van der Waals surface area contributed by atoms with Gasteiger partial charge in [0.1, 0.15) is 0 Å². The van der Waals surface area contributed by atoms with E-state index in [0.29, 0.717) is 5.13 Å². The van der Waals surface area contributed by atoms with E-state index in [9.17, 15) is 0 Å². The lowest BCUT2D eigenvalue weighted by atomic mass is 10.2. The maximum absolute atomic E-state index is 8.86. The number of nitrogens with two attached hydrogens (primary N) is 1. The molecule has 1 heterocycles. The average Bonchev–Trinajstić information content (AvgIpc) is 2.47. The Labute approximate surface area is 74.8 Å². The Morgan fingerprint density at radius 3 is 2.92 bits per heavy atom. The number of nitrogens with zero attached hydrogens (tertiary/aromatic N) is 2. The lowest BCUT2D eigenvalue weighted by Crippen LogP contribution is -2.22. The molecule has 0 aromatic carbocycles. The van der Waals surface area contributed by atoms with Crippen molar-refractivity contribution in [2.24, 2.45) is 0 Å². The molecule has 0 spiro atoms. The molecule has 0 aliphatic rings. The molecule has 0 aliphatic carbocycles. The lowest BCUT2D eigenvalue weighted by molar-refractivity contribution is 0.272. The van der Waals surface area contributed by atoms with Gasteiger partial charge >= 0.3 is 0 Å². The van der Waals surface area contributed by atoms with Crippen molar-refractivity contribution in [1.82, 2.24) is 9.36 Å². The van der Waals surface area contributed by atoms with Crippen molar-refractivity contribution in [3.63, 3.8) is 0 Å². The molecule has 0 saturated carbocycles. The fourth-order valence-corrected chi connectivity index (χ4v) is 1.32. The van der Waals surface area contributed by atoms with Gasteiger partial charge in [-0.3, -0.25) is 0 Å². The maximum Gasteiger partial charge on any atom is 0.233 e. The van der Waals surface area contributed by atoms with Gasteiger partial charge in [0, 0.05) is 11.5 Å². The maximum atomic E-state index is 8.86. The van der Waals surface area contributed by atoms with Crippen LogP contribution in [0.2, 0.25) is 0 Å². The summed E-state index contributed by atoms with van der Waals surface area (Å²) < 4.78 is 3.80. The summed E-state index contributed by atoms with van der Waals surface area (Å²) in [6.45, 7) is 2.08. The van der Waals surface area contributed by atoms with Crippen molar-refractivity contribution in [1.29, 1.82) is 0 Å². The summed E-state index contributed by atoms with van der Waals surface area (Å²) in [4.78, 5) is 3.91. The van der Waals surface area contributed by atoms with E-state index in [1.807, 2.05) is 6.92 Å². The van der Waals surface area contributed by atoms with Crippen molar-refractivity contribution in [3.8, 4) is 0 Å². The predicted octanol–water partition coefficient (Wildman–Crippen LogP) is 0.303. The summed E-state index contributed by atoms with van der Waals surface area (Å²) in [5.41, 5.74) is 5.32. The summed E-state index contributed by atoms with van der Waals surface area (Å²) >= 11 is 1.20. The van der Waals surface area contributed by atoms with Crippen molar-refractivity contribution in [2.75, 3.05) is 17.7 Å².